The number of H-pyrrole nitrogens is 2. The first-order chi connectivity index (χ1) is 21.4. The number of nitrogens with two attached hydrogens (primary N) is 2. The summed E-state index contributed by atoms with van der Waals surface area (Å²) in [5.74, 6) is 2.50. The lowest BCUT2D eigenvalue weighted by Gasteiger charge is -2.22. The van der Waals surface area contributed by atoms with Crippen LogP contribution in [0.25, 0.3) is 33.6 Å². The highest BCUT2D eigenvalue weighted by Gasteiger charge is 2.31. The van der Waals surface area contributed by atoms with Crippen LogP contribution < -0.4 is 11.5 Å². The van der Waals surface area contributed by atoms with Gasteiger partial charge in [-0.1, -0.05) is 48.5 Å². The third-order valence-electron chi connectivity index (χ3n) is 9.09. The van der Waals surface area contributed by atoms with Gasteiger partial charge in [-0.05, 0) is 73.6 Å². The molecule has 0 radical (unpaired) electrons. The van der Waals surface area contributed by atoms with Crippen molar-refractivity contribution in [3.63, 3.8) is 0 Å². The number of aromatic nitrogens is 4. The van der Waals surface area contributed by atoms with E-state index >= 15 is 0 Å². The predicted molar refractivity (Wildman–Crippen MR) is 171 cm³/mol. The van der Waals surface area contributed by atoms with Crippen molar-refractivity contribution in [1.29, 1.82) is 0 Å². The summed E-state index contributed by atoms with van der Waals surface area (Å²) in [5, 5.41) is 0. The monoisotopic (exact) mass is 594 g/mol. The fourth-order valence-corrected chi connectivity index (χ4v) is 6.29. The second kappa shape index (κ2) is 13.2. The Kier molecular flexibility index (Phi) is 8.90. The maximum absolute atomic E-state index is 12.2. The van der Waals surface area contributed by atoms with Gasteiger partial charge in [0, 0.05) is 19.1 Å². The van der Waals surface area contributed by atoms with Crippen molar-refractivity contribution in [2.75, 3.05) is 19.6 Å². The van der Waals surface area contributed by atoms with Crippen LogP contribution in [-0.2, 0) is 9.59 Å². The Balaban J connectivity index is 0.000000513. The third kappa shape index (κ3) is 6.46. The summed E-state index contributed by atoms with van der Waals surface area (Å²) in [4.78, 5) is 43.1. The topological polar surface area (TPSA) is 150 Å². The molecule has 7 rings (SSSR count). The highest BCUT2D eigenvalue weighted by molar-refractivity contribution is 5.78. The Bertz CT molecular complexity index is 1550. The van der Waals surface area contributed by atoms with E-state index in [-0.39, 0.29) is 24.5 Å². The van der Waals surface area contributed by atoms with E-state index in [4.69, 9.17) is 11.5 Å². The van der Waals surface area contributed by atoms with Crippen molar-refractivity contribution >= 4 is 12.3 Å². The second-order valence-corrected chi connectivity index (χ2v) is 12.2. The maximum atomic E-state index is 12.2. The summed E-state index contributed by atoms with van der Waals surface area (Å²) in [7, 11) is 0. The molecular weight excluding hydrogens is 552 g/mol. The molecule has 3 aliphatic rings. The third-order valence-corrected chi connectivity index (χ3v) is 9.09. The van der Waals surface area contributed by atoms with Crippen LogP contribution in [0, 0.1) is 5.92 Å². The number of aromatic amines is 2. The number of rotatable bonds is 8. The minimum atomic E-state index is -0.0364. The fraction of sp³-hybridized carbons (Fsp3) is 0.412. The lowest BCUT2D eigenvalue weighted by atomic mass is 10.0. The second-order valence-electron chi connectivity index (χ2n) is 12.2. The zero-order valence-corrected chi connectivity index (χ0v) is 25.3. The molecule has 2 aliphatic heterocycles. The molecule has 1 saturated carbocycles. The molecule has 2 amide bonds. The Morgan fingerprint density at radius 1 is 0.841 bits per heavy atom. The van der Waals surface area contributed by atoms with Crippen LogP contribution in [0.2, 0.25) is 0 Å². The smallest absolute Gasteiger partial charge is 0.236 e. The molecule has 0 bridgehead atoms. The molecule has 2 aromatic heterocycles. The van der Waals surface area contributed by atoms with Crippen LogP contribution in [-0.4, -0.2) is 67.7 Å². The Morgan fingerprint density at radius 3 is 1.82 bits per heavy atom. The van der Waals surface area contributed by atoms with Gasteiger partial charge in [-0.3, -0.25) is 9.59 Å². The summed E-state index contributed by atoms with van der Waals surface area (Å²) in [6.45, 7) is 3.62. The van der Waals surface area contributed by atoms with E-state index in [1.165, 1.54) is 12.8 Å². The minimum absolute atomic E-state index is 0.0239. The van der Waals surface area contributed by atoms with Crippen molar-refractivity contribution < 1.29 is 9.59 Å². The molecule has 10 nitrogen and oxygen atoms in total. The number of hydrogen-bond donors (Lipinski definition) is 4. The number of benzene rings is 2. The van der Waals surface area contributed by atoms with Gasteiger partial charge in [-0.2, -0.15) is 0 Å². The molecule has 4 aromatic rings. The molecule has 0 spiro atoms. The predicted octanol–water partition coefficient (Wildman–Crippen LogP) is 4.79. The van der Waals surface area contributed by atoms with Crippen molar-refractivity contribution in [3.8, 4) is 33.6 Å². The molecule has 10 heteroatoms. The lowest BCUT2D eigenvalue weighted by Crippen LogP contribution is -2.35. The molecular formula is C34H42N8O2. The van der Waals surface area contributed by atoms with Gasteiger partial charge in [-0.15, -0.1) is 0 Å². The highest BCUT2D eigenvalue weighted by atomic mass is 16.2. The summed E-state index contributed by atoms with van der Waals surface area (Å²) in [6.07, 6.45) is 11.1. The summed E-state index contributed by atoms with van der Waals surface area (Å²) < 4.78 is 0. The van der Waals surface area contributed by atoms with Gasteiger partial charge >= 0.3 is 0 Å². The van der Waals surface area contributed by atoms with Gasteiger partial charge in [0.1, 0.15) is 11.6 Å². The van der Waals surface area contributed by atoms with Crippen LogP contribution in [0.4, 0.5) is 0 Å². The van der Waals surface area contributed by atoms with Crippen molar-refractivity contribution in [2.24, 2.45) is 17.4 Å². The average molecular weight is 595 g/mol. The molecule has 3 atom stereocenters. The number of nitrogens with one attached hydrogen (secondary N) is 2. The molecule has 4 heterocycles. The van der Waals surface area contributed by atoms with E-state index in [1.54, 1.807) is 0 Å². The molecule has 2 saturated heterocycles. The van der Waals surface area contributed by atoms with E-state index in [0.29, 0.717) is 6.04 Å². The largest absolute Gasteiger partial charge is 0.340 e. The SMILES string of the molecule is CC(N)C1CC1.NCC(=O)N1CCCC1c1ncc(-c2ccc(-c3ccc(-c4cnc(C5CCCN5C=O)[nH]4)cc3)cc2)[nH]1. The number of likely N-dealkylation sites (tertiary alicyclic amines) is 2. The van der Waals surface area contributed by atoms with E-state index in [0.717, 1.165) is 96.4 Å². The molecule has 230 valence electrons. The number of carbonyl (C=O) groups excluding carboxylic acids is 2. The summed E-state index contributed by atoms with van der Waals surface area (Å²) in [6, 6.07) is 17.2. The normalized spacial score (nSPS) is 20.3. The van der Waals surface area contributed by atoms with E-state index in [9.17, 15) is 9.59 Å². The Hall–Kier alpha value is -4.28. The molecule has 44 heavy (non-hydrogen) atoms. The first-order valence-corrected chi connectivity index (χ1v) is 15.7. The molecule has 3 unspecified atom stereocenters. The Labute approximate surface area is 258 Å². The van der Waals surface area contributed by atoms with Crippen molar-refractivity contribution in [2.45, 2.75) is 63.6 Å². The molecule has 3 fully saturated rings. The van der Waals surface area contributed by atoms with Gasteiger partial charge in [0.25, 0.3) is 0 Å². The first kappa shape index (κ1) is 29.8. The highest BCUT2D eigenvalue weighted by Crippen LogP contribution is 2.33. The zero-order valence-electron chi connectivity index (χ0n) is 25.3. The zero-order chi connectivity index (χ0) is 30.6. The molecule has 2 aromatic carbocycles. The van der Waals surface area contributed by atoms with E-state index in [2.05, 4.69) is 75.4 Å². The van der Waals surface area contributed by atoms with Gasteiger partial charge in [0.2, 0.25) is 12.3 Å². The number of carbonyl (C=O) groups is 2. The lowest BCUT2D eigenvalue weighted by molar-refractivity contribution is -0.130. The van der Waals surface area contributed by atoms with Crippen molar-refractivity contribution in [3.05, 3.63) is 72.6 Å². The van der Waals surface area contributed by atoms with Crippen LogP contribution >= 0.6 is 0 Å². The number of amides is 2. The number of nitrogens with zero attached hydrogens (tertiary/aromatic N) is 4. The van der Waals surface area contributed by atoms with Gasteiger partial charge in [-0.25, -0.2) is 9.97 Å². The van der Waals surface area contributed by atoms with Gasteiger partial charge < -0.3 is 31.2 Å². The van der Waals surface area contributed by atoms with Gasteiger partial charge in [0.15, 0.2) is 0 Å². The average Bonchev–Trinajstić information content (AvgIpc) is 3.50. The quantitative estimate of drug-likeness (QED) is 0.215. The number of imidazole rings is 2. The minimum Gasteiger partial charge on any atom is -0.340 e. The molecule has 6 N–H and O–H groups in total. The summed E-state index contributed by atoms with van der Waals surface area (Å²) >= 11 is 0. The van der Waals surface area contributed by atoms with Crippen LogP contribution in [0.1, 0.15) is 69.2 Å². The number of hydrogen-bond acceptors (Lipinski definition) is 6. The van der Waals surface area contributed by atoms with E-state index < -0.39 is 0 Å². The van der Waals surface area contributed by atoms with E-state index in [1.807, 2.05) is 22.2 Å². The van der Waals surface area contributed by atoms with Crippen molar-refractivity contribution in [1.82, 2.24) is 29.7 Å². The first-order valence-electron chi connectivity index (χ1n) is 15.7. The maximum Gasteiger partial charge on any atom is 0.236 e. The van der Waals surface area contributed by atoms with Crippen LogP contribution in [0.5, 0.6) is 0 Å². The Morgan fingerprint density at radius 2 is 1.34 bits per heavy atom. The summed E-state index contributed by atoms with van der Waals surface area (Å²) in [5.41, 5.74) is 17.3. The van der Waals surface area contributed by atoms with Crippen LogP contribution in [0.15, 0.2) is 60.9 Å². The van der Waals surface area contributed by atoms with Crippen LogP contribution in [0.3, 0.4) is 0 Å². The fourth-order valence-electron chi connectivity index (χ4n) is 6.29. The van der Waals surface area contributed by atoms with Gasteiger partial charge in [0.05, 0.1) is 42.4 Å². The molecule has 1 aliphatic carbocycles. The standard InChI is InChI=1S/C29H31N7O2.C5H11N/c30-15-27(38)36-14-2-4-26(36)29-32-17-24(34-29)22-11-7-20(8-12-22)19-5-9-21(10-6-19)23-16-31-28(33-23)25-3-1-13-35(25)18-37;1-4(6)5-2-3-5/h5-12,16-18,25-26H,1-4,13-15,30H2,(H,31,33)(H,32,34);4-5H,2-3,6H2,1H3.